The van der Waals surface area contributed by atoms with Crippen molar-refractivity contribution >= 4 is 11.6 Å². The third kappa shape index (κ3) is 3.78. The van der Waals surface area contributed by atoms with Gasteiger partial charge in [0, 0.05) is 29.2 Å². The third-order valence-corrected chi connectivity index (χ3v) is 3.28. The van der Waals surface area contributed by atoms with Crippen molar-refractivity contribution in [2.45, 2.75) is 32.4 Å². The zero-order valence-corrected chi connectivity index (χ0v) is 11.6. The summed E-state index contributed by atoms with van der Waals surface area (Å²) in [5.41, 5.74) is 7.36. The van der Waals surface area contributed by atoms with Crippen molar-refractivity contribution < 1.29 is 4.39 Å². The van der Waals surface area contributed by atoms with E-state index in [-0.39, 0.29) is 11.9 Å². The van der Waals surface area contributed by atoms with Crippen molar-refractivity contribution in [1.82, 2.24) is 9.55 Å². The van der Waals surface area contributed by atoms with Gasteiger partial charge in [-0.25, -0.2) is 9.37 Å². The minimum absolute atomic E-state index is 0.117. The number of hydrogen-bond acceptors (Lipinski definition) is 2. The van der Waals surface area contributed by atoms with Crippen LogP contribution in [0, 0.1) is 5.82 Å². The summed E-state index contributed by atoms with van der Waals surface area (Å²) < 4.78 is 15.5. The van der Waals surface area contributed by atoms with Crippen LogP contribution in [0.5, 0.6) is 0 Å². The molecule has 0 bridgehead atoms. The van der Waals surface area contributed by atoms with E-state index in [0.717, 1.165) is 18.5 Å². The highest BCUT2D eigenvalue weighted by Gasteiger charge is 2.07. The lowest BCUT2D eigenvalue weighted by atomic mass is 10.1. The maximum absolute atomic E-state index is 13.6. The highest BCUT2D eigenvalue weighted by Crippen LogP contribution is 2.16. The van der Waals surface area contributed by atoms with E-state index in [2.05, 4.69) is 4.98 Å². The molecule has 2 rings (SSSR count). The molecule has 0 saturated carbocycles. The number of benzene rings is 1. The Hall–Kier alpha value is -1.39. The number of halogens is 2. The molecule has 3 nitrogen and oxygen atoms in total. The van der Waals surface area contributed by atoms with Crippen molar-refractivity contribution in [3.63, 3.8) is 0 Å². The summed E-state index contributed by atoms with van der Waals surface area (Å²) in [6.07, 6.45) is 5.24. The van der Waals surface area contributed by atoms with Gasteiger partial charge in [-0.1, -0.05) is 18.5 Å². The Morgan fingerprint density at radius 1 is 1.47 bits per heavy atom. The Balaban J connectivity index is 2.09. The van der Waals surface area contributed by atoms with Crippen LogP contribution < -0.4 is 5.73 Å². The molecule has 5 heteroatoms. The quantitative estimate of drug-likeness (QED) is 0.915. The first-order valence-corrected chi connectivity index (χ1v) is 6.66. The predicted octanol–water partition coefficient (Wildman–Crippen LogP) is 3.00. The Morgan fingerprint density at radius 3 is 3.00 bits per heavy atom. The molecular weight excluding hydrogens is 265 g/mol. The maximum Gasteiger partial charge on any atom is 0.128 e. The van der Waals surface area contributed by atoms with E-state index in [9.17, 15) is 4.39 Å². The van der Waals surface area contributed by atoms with Crippen molar-refractivity contribution in [3.8, 4) is 0 Å². The molecule has 0 aliphatic carbocycles. The molecule has 0 fully saturated rings. The Bertz CT molecular complexity index is 553. The van der Waals surface area contributed by atoms with Crippen LogP contribution in [0.15, 0.2) is 30.7 Å². The van der Waals surface area contributed by atoms with E-state index in [4.69, 9.17) is 17.3 Å². The van der Waals surface area contributed by atoms with Crippen molar-refractivity contribution in [2.75, 3.05) is 0 Å². The summed E-state index contributed by atoms with van der Waals surface area (Å²) in [6, 6.07) is 4.67. The molecule has 2 aromatic rings. The molecule has 0 amide bonds. The number of nitrogens with zero attached hydrogens (tertiary/aromatic N) is 2. The second kappa shape index (κ2) is 6.17. The van der Waals surface area contributed by atoms with Crippen LogP contribution in [0.2, 0.25) is 5.02 Å². The second-order valence-corrected chi connectivity index (χ2v) is 5.08. The summed E-state index contributed by atoms with van der Waals surface area (Å²) in [5, 5.41) is 0.532. The highest BCUT2D eigenvalue weighted by molar-refractivity contribution is 6.30. The van der Waals surface area contributed by atoms with Crippen LogP contribution in [0.1, 0.15) is 24.6 Å². The topological polar surface area (TPSA) is 43.8 Å². The molecule has 0 saturated heterocycles. The Morgan fingerprint density at radius 2 is 2.26 bits per heavy atom. The number of hydrogen-bond donors (Lipinski definition) is 1. The van der Waals surface area contributed by atoms with Crippen LogP contribution in [-0.2, 0) is 13.0 Å². The number of aromatic nitrogens is 2. The fraction of sp³-hybridized carbons (Fsp3) is 0.357. The van der Waals surface area contributed by atoms with Crippen molar-refractivity contribution in [2.24, 2.45) is 5.73 Å². The van der Waals surface area contributed by atoms with Gasteiger partial charge < -0.3 is 10.3 Å². The van der Waals surface area contributed by atoms with Crippen LogP contribution in [0.25, 0.3) is 0 Å². The molecule has 0 aliphatic rings. The van der Waals surface area contributed by atoms with E-state index >= 15 is 0 Å². The molecule has 0 spiro atoms. The second-order valence-electron chi connectivity index (χ2n) is 4.65. The summed E-state index contributed by atoms with van der Waals surface area (Å²) in [6.45, 7) is 2.46. The largest absolute Gasteiger partial charge is 0.333 e. The molecule has 1 aromatic carbocycles. The molecule has 1 unspecified atom stereocenters. The standard InChI is InChI=1S/C14H17ClFN3/c1-2-12(17)6-13-8-19(9-18-13)7-10-5-11(15)3-4-14(10)16/h3-5,8-9,12H,2,6-7,17H2,1H3. The van der Waals surface area contributed by atoms with Gasteiger partial charge in [0.25, 0.3) is 0 Å². The fourth-order valence-corrected chi connectivity index (χ4v) is 2.07. The molecule has 0 aliphatic heterocycles. The molecule has 2 N–H and O–H groups in total. The summed E-state index contributed by atoms with van der Waals surface area (Å²) >= 11 is 5.87. The minimum Gasteiger partial charge on any atom is -0.333 e. The van der Waals surface area contributed by atoms with Gasteiger partial charge in [-0.05, 0) is 24.6 Å². The van der Waals surface area contributed by atoms with E-state index in [0.29, 0.717) is 17.1 Å². The van der Waals surface area contributed by atoms with Crippen molar-refractivity contribution in [1.29, 1.82) is 0 Å². The van der Waals surface area contributed by atoms with Crippen LogP contribution in [0.4, 0.5) is 4.39 Å². The number of nitrogens with two attached hydrogens (primary N) is 1. The number of imidazole rings is 1. The third-order valence-electron chi connectivity index (χ3n) is 3.04. The van der Waals surface area contributed by atoms with Gasteiger partial charge in [0.05, 0.1) is 18.6 Å². The van der Waals surface area contributed by atoms with Gasteiger partial charge in [-0.15, -0.1) is 0 Å². The molecule has 0 radical (unpaired) electrons. The average molecular weight is 282 g/mol. The Labute approximate surface area is 117 Å². The fourth-order valence-electron chi connectivity index (χ4n) is 1.87. The zero-order valence-electron chi connectivity index (χ0n) is 10.8. The molecule has 1 aromatic heterocycles. The molecule has 1 atom stereocenters. The summed E-state index contributed by atoms with van der Waals surface area (Å²) in [7, 11) is 0. The predicted molar refractivity (Wildman–Crippen MR) is 74.7 cm³/mol. The Kier molecular flexibility index (Phi) is 4.56. The van der Waals surface area contributed by atoms with Gasteiger partial charge in [-0.3, -0.25) is 0 Å². The summed E-state index contributed by atoms with van der Waals surface area (Å²) in [5.74, 6) is -0.259. The zero-order chi connectivity index (χ0) is 13.8. The summed E-state index contributed by atoms with van der Waals surface area (Å²) in [4.78, 5) is 4.28. The molecule has 1 heterocycles. The van der Waals surface area contributed by atoms with Crippen molar-refractivity contribution in [3.05, 3.63) is 52.8 Å². The first-order chi connectivity index (χ1) is 9.08. The lowest BCUT2D eigenvalue weighted by molar-refractivity contribution is 0.599. The normalized spacial score (nSPS) is 12.6. The van der Waals surface area contributed by atoms with E-state index in [1.54, 1.807) is 18.5 Å². The van der Waals surface area contributed by atoms with Gasteiger partial charge in [0.15, 0.2) is 0 Å². The smallest absolute Gasteiger partial charge is 0.128 e. The van der Waals surface area contributed by atoms with Gasteiger partial charge in [-0.2, -0.15) is 0 Å². The lowest BCUT2D eigenvalue weighted by Crippen LogP contribution is -2.21. The first-order valence-electron chi connectivity index (χ1n) is 6.28. The first kappa shape index (κ1) is 14.0. The monoisotopic (exact) mass is 281 g/mol. The molecule has 19 heavy (non-hydrogen) atoms. The minimum atomic E-state index is -0.259. The molecule has 102 valence electrons. The van der Waals surface area contributed by atoms with E-state index in [1.807, 2.05) is 17.7 Å². The van der Waals surface area contributed by atoms with E-state index in [1.165, 1.54) is 6.07 Å². The molecular formula is C14H17ClFN3. The van der Waals surface area contributed by atoms with E-state index < -0.39 is 0 Å². The van der Waals surface area contributed by atoms with Gasteiger partial charge in [0.2, 0.25) is 0 Å². The van der Waals surface area contributed by atoms with Crippen LogP contribution in [0.3, 0.4) is 0 Å². The average Bonchev–Trinajstić information content (AvgIpc) is 2.81. The van der Waals surface area contributed by atoms with Gasteiger partial charge >= 0.3 is 0 Å². The van der Waals surface area contributed by atoms with Crippen LogP contribution in [-0.4, -0.2) is 15.6 Å². The highest BCUT2D eigenvalue weighted by atomic mass is 35.5. The lowest BCUT2D eigenvalue weighted by Gasteiger charge is -2.06. The van der Waals surface area contributed by atoms with Crippen LogP contribution >= 0.6 is 11.6 Å². The number of rotatable bonds is 5. The SMILES string of the molecule is CCC(N)Cc1cn(Cc2cc(Cl)ccc2F)cn1. The maximum atomic E-state index is 13.6. The van der Waals surface area contributed by atoms with Gasteiger partial charge in [0.1, 0.15) is 5.82 Å².